The Bertz CT molecular complexity index is 524. The molecule has 1 amide bonds. The third-order valence-electron chi connectivity index (χ3n) is 4.63. The average Bonchev–Trinajstić information content (AvgIpc) is 2.77. The van der Waals surface area contributed by atoms with Gasteiger partial charge >= 0.3 is 0 Å². The molecule has 0 radical (unpaired) electrons. The van der Waals surface area contributed by atoms with Crippen molar-refractivity contribution in [2.75, 3.05) is 33.4 Å². The first-order chi connectivity index (χ1) is 10.7. The van der Waals surface area contributed by atoms with Crippen LogP contribution >= 0.6 is 0 Å². The summed E-state index contributed by atoms with van der Waals surface area (Å²) >= 11 is 0. The number of carbonyl (C=O) groups is 1. The van der Waals surface area contributed by atoms with Crippen molar-refractivity contribution in [1.29, 1.82) is 0 Å². The maximum absolute atomic E-state index is 12.3. The molecule has 1 N–H and O–H groups in total. The number of rotatable bonds is 3. The van der Waals surface area contributed by atoms with Crippen molar-refractivity contribution in [3.63, 3.8) is 0 Å². The molecule has 5 heteroatoms. The molecule has 5 nitrogen and oxygen atoms in total. The molecule has 0 bridgehead atoms. The maximum Gasteiger partial charge on any atom is 0.249 e. The van der Waals surface area contributed by atoms with Crippen molar-refractivity contribution >= 4 is 5.91 Å². The van der Waals surface area contributed by atoms with Gasteiger partial charge in [-0.25, -0.2) is 0 Å². The average molecular weight is 304 g/mol. The van der Waals surface area contributed by atoms with E-state index in [-0.39, 0.29) is 18.1 Å². The number of para-hydroxylation sites is 1. The SMILES string of the molecule is COc1ccccc1CN1CC2(CCCNCC2)OCC1=O. The van der Waals surface area contributed by atoms with E-state index in [2.05, 4.69) is 5.32 Å². The van der Waals surface area contributed by atoms with E-state index in [1.807, 2.05) is 29.2 Å². The molecular formula is C17H24N2O3. The summed E-state index contributed by atoms with van der Waals surface area (Å²) in [5, 5.41) is 3.41. The topological polar surface area (TPSA) is 50.8 Å². The van der Waals surface area contributed by atoms with Gasteiger partial charge < -0.3 is 19.7 Å². The Morgan fingerprint density at radius 3 is 3.05 bits per heavy atom. The number of hydrogen-bond acceptors (Lipinski definition) is 4. The van der Waals surface area contributed by atoms with Crippen LogP contribution in [-0.2, 0) is 16.1 Å². The van der Waals surface area contributed by atoms with Crippen molar-refractivity contribution < 1.29 is 14.3 Å². The Balaban J connectivity index is 1.75. The minimum Gasteiger partial charge on any atom is -0.496 e. The number of nitrogens with one attached hydrogen (secondary N) is 1. The van der Waals surface area contributed by atoms with Crippen molar-refractivity contribution in [2.24, 2.45) is 0 Å². The van der Waals surface area contributed by atoms with Gasteiger partial charge in [-0.3, -0.25) is 4.79 Å². The smallest absolute Gasteiger partial charge is 0.249 e. The van der Waals surface area contributed by atoms with E-state index in [9.17, 15) is 4.79 Å². The van der Waals surface area contributed by atoms with Gasteiger partial charge in [0.05, 0.1) is 19.3 Å². The van der Waals surface area contributed by atoms with E-state index in [1.165, 1.54) is 0 Å². The first-order valence-electron chi connectivity index (χ1n) is 7.97. The van der Waals surface area contributed by atoms with Crippen LogP contribution in [0.1, 0.15) is 24.8 Å². The van der Waals surface area contributed by atoms with E-state index >= 15 is 0 Å². The van der Waals surface area contributed by atoms with Gasteiger partial charge in [0.25, 0.3) is 0 Å². The van der Waals surface area contributed by atoms with Crippen molar-refractivity contribution in [3.05, 3.63) is 29.8 Å². The van der Waals surface area contributed by atoms with Crippen LogP contribution in [0, 0.1) is 0 Å². The second-order valence-electron chi connectivity index (χ2n) is 6.14. The summed E-state index contributed by atoms with van der Waals surface area (Å²) in [6.07, 6.45) is 3.06. The van der Waals surface area contributed by atoms with Gasteiger partial charge in [0.2, 0.25) is 5.91 Å². The molecule has 1 atom stereocenters. The molecule has 2 aliphatic rings. The summed E-state index contributed by atoms with van der Waals surface area (Å²) in [6, 6.07) is 7.88. The third-order valence-corrected chi connectivity index (χ3v) is 4.63. The first-order valence-corrected chi connectivity index (χ1v) is 7.97. The summed E-state index contributed by atoms with van der Waals surface area (Å²) in [6.45, 7) is 3.43. The van der Waals surface area contributed by atoms with Crippen LogP contribution < -0.4 is 10.1 Å². The molecular weight excluding hydrogens is 280 g/mol. The fourth-order valence-corrected chi connectivity index (χ4v) is 3.38. The number of methoxy groups -OCH3 is 1. The highest BCUT2D eigenvalue weighted by molar-refractivity contribution is 5.78. The molecule has 1 aromatic rings. The minimum atomic E-state index is -0.181. The van der Waals surface area contributed by atoms with Crippen molar-refractivity contribution in [3.8, 4) is 5.75 Å². The number of amides is 1. The van der Waals surface area contributed by atoms with Crippen LogP contribution in [0.4, 0.5) is 0 Å². The van der Waals surface area contributed by atoms with Gasteiger partial charge in [0.15, 0.2) is 0 Å². The number of carbonyl (C=O) groups excluding carboxylic acids is 1. The number of hydrogen-bond donors (Lipinski definition) is 1. The van der Waals surface area contributed by atoms with E-state index in [0.29, 0.717) is 13.1 Å². The van der Waals surface area contributed by atoms with Gasteiger partial charge in [-0.15, -0.1) is 0 Å². The van der Waals surface area contributed by atoms with E-state index < -0.39 is 0 Å². The Morgan fingerprint density at radius 2 is 2.18 bits per heavy atom. The lowest BCUT2D eigenvalue weighted by Crippen LogP contribution is -2.54. The predicted molar refractivity (Wildman–Crippen MR) is 83.8 cm³/mol. The molecule has 2 heterocycles. The molecule has 2 saturated heterocycles. The van der Waals surface area contributed by atoms with Crippen LogP contribution in [0.15, 0.2) is 24.3 Å². The molecule has 0 aliphatic carbocycles. The third kappa shape index (κ3) is 3.25. The fraction of sp³-hybridized carbons (Fsp3) is 0.588. The van der Waals surface area contributed by atoms with E-state index in [1.54, 1.807) is 7.11 Å². The lowest BCUT2D eigenvalue weighted by molar-refractivity contribution is -0.166. The van der Waals surface area contributed by atoms with Gasteiger partial charge in [0, 0.05) is 12.1 Å². The summed E-state index contributed by atoms with van der Waals surface area (Å²) in [7, 11) is 1.67. The zero-order valence-corrected chi connectivity index (χ0v) is 13.1. The molecule has 2 aliphatic heterocycles. The number of nitrogens with zero attached hydrogens (tertiary/aromatic N) is 1. The highest BCUT2D eigenvalue weighted by Gasteiger charge is 2.40. The summed E-state index contributed by atoms with van der Waals surface area (Å²) < 4.78 is 11.4. The standard InChI is InChI=1S/C17H24N2O3/c1-21-15-6-3-2-5-14(15)11-19-13-17(22-12-16(19)20)7-4-9-18-10-8-17/h2-3,5-6,18H,4,7-13H2,1H3. The van der Waals surface area contributed by atoms with Crippen molar-refractivity contribution in [1.82, 2.24) is 10.2 Å². The molecule has 0 saturated carbocycles. The zero-order chi connectivity index (χ0) is 15.4. The Hall–Kier alpha value is -1.59. The molecule has 22 heavy (non-hydrogen) atoms. The molecule has 2 fully saturated rings. The molecule has 120 valence electrons. The lowest BCUT2D eigenvalue weighted by atomic mass is 9.92. The van der Waals surface area contributed by atoms with Crippen LogP contribution in [0.5, 0.6) is 5.75 Å². The Kier molecular flexibility index (Phi) is 4.64. The summed E-state index contributed by atoms with van der Waals surface area (Å²) in [4.78, 5) is 14.2. The minimum absolute atomic E-state index is 0.0636. The molecule has 1 aromatic carbocycles. The number of benzene rings is 1. The number of ether oxygens (including phenoxy) is 2. The van der Waals surface area contributed by atoms with E-state index in [4.69, 9.17) is 9.47 Å². The van der Waals surface area contributed by atoms with Crippen molar-refractivity contribution in [2.45, 2.75) is 31.4 Å². The first kappa shape index (κ1) is 15.3. The molecule has 1 spiro atoms. The lowest BCUT2D eigenvalue weighted by Gasteiger charge is -2.42. The van der Waals surface area contributed by atoms with Crippen LogP contribution in [0.25, 0.3) is 0 Å². The van der Waals surface area contributed by atoms with Crippen LogP contribution in [0.3, 0.4) is 0 Å². The largest absolute Gasteiger partial charge is 0.496 e. The van der Waals surface area contributed by atoms with Crippen LogP contribution in [0.2, 0.25) is 0 Å². The predicted octanol–water partition coefficient (Wildman–Crippen LogP) is 1.57. The fourth-order valence-electron chi connectivity index (χ4n) is 3.38. The molecule has 1 unspecified atom stereocenters. The zero-order valence-electron chi connectivity index (χ0n) is 13.1. The highest BCUT2D eigenvalue weighted by Crippen LogP contribution is 2.30. The summed E-state index contributed by atoms with van der Waals surface area (Å²) in [5.74, 6) is 0.895. The second-order valence-corrected chi connectivity index (χ2v) is 6.14. The highest BCUT2D eigenvalue weighted by atomic mass is 16.5. The monoisotopic (exact) mass is 304 g/mol. The van der Waals surface area contributed by atoms with Gasteiger partial charge in [0.1, 0.15) is 12.4 Å². The Morgan fingerprint density at radius 1 is 1.32 bits per heavy atom. The molecule has 3 rings (SSSR count). The van der Waals surface area contributed by atoms with Gasteiger partial charge in [-0.2, -0.15) is 0 Å². The Labute approximate surface area is 131 Å². The summed E-state index contributed by atoms with van der Waals surface area (Å²) in [5.41, 5.74) is 0.863. The maximum atomic E-state index is 12.3. The molecule has 0 aromatic heterocycles. The van der Waals surface area contributed by atoms with E-state index in [0.717, 1.165) is 43.7 Å². The second kappa shape index (κ2) is 6.67. The number of morpholine rings is 1. The van der Waals surface area contributed by atoms with Crippen LogP contribution in [-0.4, -0.2) is 49.8 Å². The normalized spacial score (nSPS) is 26.0. The van der Waals surface area contributed by atoms with Gasteiger partial charge in [-0.05, 0) is 38.4 Å². The quantitative estimate of drug-likeness (QED) is 0.921. The van der Waals surface area contributed by atoms with Gasteiger partial charge in [-0.1, -0.05) is 18.2 Å².